The predicted molar refractivity (Wildman–Crippen MR) is 88.5 cm³/mol. The average molecular weight is 331 g/mol. The van der Waals surface area contributed by atoms with Crippen molar-refractivity contribution in [1.29, 1.82) is 0 Å². The van der Waals surface area contributed by atoms with Crippen LogP contribution in [-0.2, 0) is 0 Å². The first-order valence-corrected chi connectivity index (χ1v) is 7.60. The van der Waals surface area contributed by atoms with E-state index in [0.29, 0.717) is 29.1 Å². The van der Waals surface area contributed by atoms with Crippen LogP contribution >= 0.6 is 11.6 Å². The van der Waals surface area contributed by atoms with Crippen molar-refractivity contribution in [2.75, 3.05) is 13.2 Å². The number of para-hydroxylation sites is 1. The third-order valence-corrected chi connectivity index (χ3v) is 3.79. The third kappa shape index (κ3) is 3.03. The number of carbonyl (C=O) groups is 1. The van der Waals surface area contributed by atoms with Gasteiger partial charge in [-0.15, -0.1) is 0 Å². The molecule has 0 spiro atoms. The Morgan fingerprint density at radius 3 is 2.91 bits per heavy atom. The molecule has 1 aliphatic heterocycles. The quantitative estimate of drug-likeness (QED) is 0.861. The molecular weight excluding hydrogens is 316 g/mol. The molecule has 0 saturated carbocycles. The number of fused-ring (bicyclic) bond motifs is 1. The number of rotatable bonds is 3. The second-order valence-electron chi connectivity index (χ2n) is 5.07. The van der Waals surface area contributed by atoms with Crippen LogP contribution in [0.2, 0.25) is 5.02 Å². The summed E-state index contributed by atoms with van der Waals surface area (Å²) in [6, 6.07) is 10.4. The first-order valence-electron chi connectivity index (χ1n) is 7.22. The highest BCUT2D eigenvalue weighted by Gasteiger charge is 2.23. The van der Waals surface area contributed by atoms with Crippen molar-refractivity contribution in [3.8, 4) is 17.2 Å². The number of phenols is 1. The van der Waals surface area contributed by atoms with Crippen LogP contribution in [0.4, 0.5) is 0 Å². The molecule has 0 fully saturated rings. The molecule has 0 aromatic heterocycles. The summed E-state index contributed by atoms with van der Waals surface area (Å²) >= 11 is 6.01. The van der Waals surface area contributed by atoms with Crippen molar-refractivity contribution in [3.05, 3.63) is 58.1 Å². The lowest BCUT2D eigenvalue weighted by Gasteiger charge is -2.18. The van der Waals surface area contributed by atoms with Crippen molar-refractivity contribution < 1.29 is 19.4 Å². The zero-order chi connectivity index (χ0) is 16.4. The number of benzene rings is 2. The lowest BCUT2D eigenvalue weighted by atomic mass is 9.98. The lowest BCUT2D eigenvalue weighted by molar-refractivity contribution is 0.100. The number of hydrogen-bond donors (Lipinski definition) is 1. The number of ketones is 1. The van der Waals surface area contributed by atoms with Gasteiger partial charge in [0.15, 0.2) is 17.3 Å². The van der Waals surface area contributed by atoms with E-state index in [2.05, 4.69) is 0 Å². The molecule has 0 amide bonds. The largest absolute Gasteiger partial charge is 0.503 e. The highest BCUT2D eigenvalue weighted by atomic mass is 35.5. The molecule has 4 nitrogen and oxygen atoms in total. The molecule has 118 valence electrons. The smallest absolute Gasteiger partial charge is 0.196 e. The molecule has 0 saturated heterocycles. The first kappa shape index (κ1) is 15.4. The summed E-state index contributed by atoms with van der Waals surface area (Å²) in [4.78, 5) is 12.5. The van der Waals surface area contributed by atoms with Crippen LogP contribution in [0.25, 0.3) is 6.08 Å². The van der Waals surface area contributed by atoms with Crippen molar-refractivity contribution in [2.45, 2.75) is 6.92 Å². The molecule has 5 heteroatoms. The normalized spacial score (nSPS) is 15.2. The van der Waals surface area contributed by atoms with Gasteiger partial charge in [-0.1, -0.05) is 23.7 Å². The Labute approximate surface area is 138 Å². The summed E-state index contributed by atoms with van der Waals surface area (Å²) in [5, 5.41) is 10.0. The minimum atomic E-state index is -0.104. The molecule has 0 bridgehead atoms. The van der Waals surface area contributed by atoms with Crippen molar-refractivity contribution >= 4 is 23.5 Å². The van der Waals surface area contributed by atoms with Crippen molar-refractivity contribution in [2.24, 2.45) is 0 Å². The monoisotopic (exact) mass is 330 g/mol. The van der Waals surface area contributed by atoms with Gasteiger partial charge in [-0.2, -0.15) is 0 Å². The van der Waals surface area contributed by atoms with Gasteiger partial charge in [0.25, 0.3) is 0 Å². The highest BCUT2D eigenvalue weighted by molar-refractivity contribution is 6.32. The number of Topliss-reactive ketones (excluding diaryl/α,β-unsaturated/α-hetero) is 1. The maximum atomic E-state index is 12.5. The number of carbonyl (C=O) groups excluding carboxylic acids is 1. The van der Waals surface area contributed by atoms with Crippen LogP contribution in [0, 0.1) is 0 Å². The molecule has 23 heavy (non-hydrogen) atoms. The van der Waals surface area contributed by atoms with Gasteiger partial charge in [-0.25, -0.2) is 0 Å². The Morgan fingerprint density at radius 2 is 2.13 bits per heavy atom. The Kier molecular flexibility index (Phi) is 4.26. The Balaban J connectivity index is 1.98. The fraction of sp³-hybridized carbons (Fsp3) is 0.167. The topological polar surface area (TPSA) is 55.8 Å². The van der Waals surface area contributed by atoms with Gasteiger partial charge in [-0.3, -0.25) is 4.79 Å². The average Bonchev–Trinajstić information content (AvgIpc) is 2.55. The summed E-state index contributed by atoms with van der Waals surface area (Å²) in [6.45, 7) is 2.41. The van der Waals surface area contributed by atoms with E-state index in [1.54, 1.807) is 36.4 Å². The van der Waals surface area contributed by atoms with E-state index in [9.17, 15) is 9.90 Å². The number of phenolic OH excluding ortho intramolecular Hbond substituents is 1. The van der Waals surface area contributed by atoms with E-state index in [1.165, 1.54) is 0 Å². The molecule has 3 rings (SSSR count). The maximum absolute atomic E-state index is 12.5. The number of aromatic hydroxyl groups is 1. The van der Waals surface area contributed by atoms with Crippen LogP contribution in [0.3, 0.4) is 0 Å². The second-order valence-corrected chi connectivity index (χ2v) is 5.47. The zero-order valence-corrected chi connectivity index (χ0v) is 13.3. The summed E-state index contributed by atoms with van der Waals surface area (Å²) in [5.41, 5.74) is 1.73. The molecule has 1 aliphatic rings. The minimum Gasteiger partial charge on any atom is -0.503 e. The Morgan fingerprint density at radius 1 is 1.35 bits per heavy atom. The molecular formula is C18H15ClO4. The van der Waals surface area contributed by atoms with E-state index in [0.717, 1.165) is 0 Å². The van der Waals surface area contributed by atoms with Crippen LogP contribution < -0.4 is 9.47 Å². The van der Waals surface area contributed by atoms with Crippen LogP contribution in [-0.4, -0.2) is 24.1 Å². The fourth-order valence-electron chi connectivity index (χ4n) is 2.43. The van der Waals surface area contributed by atoms with E-state index < -0.39 is 0 Å². The number of ether oxygens (including phenoxy) is 2. The molecule has 0 radical (unpaired) electrons. The molecule has 1 heterocycles. The Hall–Kier alpha value is -2.46. The molecule has 0 unspecified atom stereocenters. The number of halogens is 1. The summed E-state index contributed by atoms with van der Waals surface area (Å²) in [7, 11) is 0. The van der Waals surface area contributed by atoms with Gasteiger partial charge in [0.05, 0.1) is 17.2 Å². The van der Waals surface area contributed by atoms with Crippen LogP contribution in [0.1, 0.15) is 22.8 Å². The minimum absolute atomic E-state index is 0.0750. The highest BCUT2D eigenvalue weighted by Crippen LogP contribution is 2.36. The summed E-state index contributed by atoms with van der Waals surface area (Å²) in [5.74, 6) is 0.700. The fourth-order valence-corrected chi connectivity index (χ4v) is 2.64. The van der Waals surface area contributed by atoms with Crippen molar-refractivity contribution in [1.82, 2.24) is 0 Å². The zero-order valence-electron chi connectivity index (χ0n) is 12.5. The van der Waals surface area contributed by atoms with Crippen molar-refractivity contribution in [3.63, 3.8) is 0 Å². The van der Waals surface area contributed by atoms with Gasteiger partial charge in [0.2, 0.25) is 0 Å². The van der Waals surface area contributed by atoms with Gasteiger partial charge in [0, 0.05) is 5.57 Å². The molecule has 2 aromatic rings. The van der Waals surface area contributed by atoms with Crippen LogP contribution in [0.15, 0.2) is 42.0 Å². The first-order chi connectivity index (χ1) is 11.1. The maximum Gasteiger partial charge on any atom is 0.196 e. The van der Waals surface area contributed by atoms with E-state index in [1.807, 2.05) is 13.0 Å². The van der Waals surface area contributed by atoms with Crippen LogP contribution in [0.5, 0.6) is 17.2 Å². The second kappa shape index (κ2) is 6.34. The lowest BCUT2D eigenvalue weighted by Crippen LogP contribution is -2.18. The number of hydrogen-bond acceptors (Lipinski definition) is 4. The predicted octanol–water partition coefficient (Wildman–Crippen LogP) is 4.10. The van der Waals surface area contributed by atoms with Gasteiger partial charge < -0.3 is 14.6 Å². The third-order valence-electron chi connectivity index (χ3n) is 3.50. The Bertz CT molecular complexity index is 796. The van der Waals surface area contributed by atoms with E-state index >= 15 is 0 Å². The van der Waals surface area contributed by atoms with Gasteiger partial charge in [-0.05, 0) is 42.8 Å². The van der Waals surface area contributed by atoms with Gasteiger partial charge >= 0.3 is 0 Å². The van der Waals surface area contributed by atoms with E-state index in [4.69, 9.17) is 21.1 Å². The molecule has 2 aromatic carbocycles. The summed E-state index contributed by atoms with van der Waals surface area (Å²) in [6.07, 6.45) is 1.70. The molecule has 0 aliphatic carbocycles. The van der Waals surface area contributed by atoms with Gasteiger partial charge in [0.1, 0.15) is 12.4 Å². The SMILES string of the molecule is CCOc1cc(C=C2COc3ccccc3C2=O)cc(Cl)c1O. The molecule has 0 atom stereocenters. The summed E-state index contributed by atoms with van der Waals surface area (Å²) < 4.78 is 11.0. The molecule has 1 N–H and O–H groups in total. The standard InChI is InChI=1S/C18H15ClO4/c1-2-22-16-9-11(8-14(19)18(16)21)7-12-10-23-15-6-4-3-5-13(15)17(12)20/h3-9,21H,2,10H2,1H3. The van der Waals surface area contributed by atoms with E-state index in [-0.39, 0.29) is 28.9 Å².